The second-order valence-electron chi connectivity index (χ2n) is 7.68. The van der Waals surface area contributed by atoms with E-state index in [0.29, 0.717) is 45.7 Å². The van der Waals surface area contributed by atoms with Crippen molar-refractivity contribution in [3.63, 3.8) is 0 Å². The fourth-order valence-corrected chi connectivity index (χ4v) is 4.26. The molecule has 5 nitrogen and oxygen atoms in total. The Morgan fingerprint density at radius 2 is 1.77 bits per heavy atom. The molecular formula is C24H18ClFN4O. The summed E-state index contributed by atoms with van der Waals surface area (Å²) in [6, 6.07) is 16.0. The molecule has 1 aliphatic rings. The van der Waals surface area contributed by atoms with Gasteiger partial charge < -0.3 is 10.6 Å². The molecule has 0 spiro atoms. The highest BCUT2D eigenvalue weighted by Crippen LogP contribution is 2.34. The summed E-state index contributed by atoms with van der Waals surface area (Å²) in [4.78, 5) is 23.7. The van der Waals surface area contributed by atoms with Gasteiger partial charge in [0.25, 0.3) is 5.91 Å². The molecule has 2 N–H and O–H groups in total. The van der Waals surface area contributed by atoms with E-state index in [2.05, 4.69) is 9.97 Å². The quantitative estimate of drug-likeness (QED) is 0.476. The average molecular weight is 433 g/mol. The number of aromatic nitrogens is 2. The standard InChI is InChI=1S/C24H18ClFN4O/c1-13-8-17(26)10-18(21(13)25)14-6-7-20-19(9-14)22(29-24(27)28-20)23(31)30-11-15-4-2-3-5-16(15)12-30/h2-10H,11-12H2,1H3,(H2,27,28,29). The summed E-state index contributed by atoms with van der Waals surface area (Å²) < 4.78 is 14.0. The molecule has 2 heterocycles. The third-order valence-corrected chi connectivity index (χ3v) is 6.08. The number of carbonyl (C=O) groups is 1. The Hall–Kier alpha value is -3.51. The van der Waals surface area contributed by atoms with Crippen LogP contribution < -0.4 is 5.73 Å². The summed E-state index contributed by atoms with van der Waals surface area (Å²) in [6.45, 7) is 2.77. The van der Waals surface area contributed by atoms with Crippen LogP contribution >= 0.6 is 11.6 Å². The van der Waals surface area contributed by atoms with Gasteiger partial charge in [0.15, 0.2) is 0 Å². The molecule has 1 aromatic heterocycles. The largest absolute Gasteiger partial charge is 0.368 e. The summed E-state index contributed by atoms with van der Waals surface area (Å²) in [5.41, 5.74) is 10.7. The lowest BCUT2D eigenvalue weighted by molar-refractivity contribution is 0.0747. The van der Waals surface area contributed by atoms with Crippen LogP contribution in [0.25, 0.3) is 22.0 Å². The minimum Gasteiger partial charge on any atom is -0.368 e. The van der Waals surface area contributed by atoms with Gasteiger partial charge in [-0.15, -0.1) is 0 Å². The maximum absolute atomic E-state index is 14.0. The summed E-state index contributed by atoms with van der Waals surface area (Å²) in [7, 11) is 0. The first-order valence-electron chi connectivity index (χ1n) is 9.80. The number of rotatable bonds is 2. The highest BCUT2D eigenvalue weighted by atomic mass is 35.5. The first kappa shape index (κ1) is 19.5. The topological polar surface area (TPSA) is 72.1 Å². The van der Waals surface area contributed by atoms with E-state index in [1.165, 1.54) is 12.1 Å². The van der Waals surface area contributed by atoms with Gasteiger partial charge in [-0.1, -0.05) is 41.9 Å². The molecule has 0 unspecified atom stereocenters. The van der Waals surface area contributed by atoms with Crippen LogP contribution in [0.5, 0.6) is 0 Å². The molecule has 0 fully saturated rings. The van der Waals surface area contributed by atoms with Crippen LogP contribution in [-0.4, -0.2) is 20.8 Å². The van der Waals surface area contributed by atoms with E-state index in [-0.39, 0.29) is 23.4 Å². The van der Waals surface area contributed by atoms with Gasteiger partial charge in [-0.05, 0) is 53.4 Å². The summed E-state index contributed by atoms with van der Waals surface area (Å²) in [5.74, 6) is -0.578. The summed E-state index contributed by atoms with van der Waals surface area (Å²) in [5, 5.41) is 1.01. The highest BCUT2D eigenvalue weighted by molar-refractivity contribution is 6.34. The average Bonchev–Trinajstić information content (AvgIpc) is 3.19. The molecule has 3 aromatic carbocycles. The van der Waals surface area contributed by atoms with Crippen molar-refractivity contribution < 1.29 is 9.18 Å². The minimum absolute atomic E-state index is 0.0277. The van der Waals surface area contributed by atoms with Crippen molar-refractivity contribution in [2.75, 3.05) is 5.73 Å². The van der Waals surface area contributed by atoms with Gasteiger partial charge in [0.05, 0.1) is 10.5 Å². The van der Waals surface area contributed by atoms with Crippen LogP contribution in [0.4, 0.5) is 10.3 Å². The normalized spacial score (nSPS) is 12.9. The van der Waals surface area contributed by atoms with E-state index in [9.17, 15) is 9.18 Å². The number of aryl methyl sites for hydroxylation is 1. The van der Waals surface area contributed by atoms with Crippen LogP contribution in [0.1, 0.15) is 27.2 Å². The second kappa shape index (κ2) is 7.32. The van der Waals surface area contributed by atoms with Gasteiger partial charge in [-0.3, -0.25) is 4.79 Å². The fourth-order valence-electron chi connectivity index (χ4n) is 4.04. The van der Waals surface area contributed by atoms with E-state index in [0.717, 1.165) is 11.1 Å². The summed E-state index contributed by atoms with van der Waals surface area (Å²) >= 11 is 6.44. The van der Waals surface area contributed by atoms with Crippen molar-refractivity contribution in [1.82, 2.24) is 14.9 Å². The number of carbonyl (C=O) groups excluding carboxylic acids is 1. The van der Waals surface area contributed by atoms with Crippen molar-refractivity contribution in [2.45, 2.75) is 20.0 Å². The first-order valence-corrected chi connectivity index (χ1v) is 10.2. The van der Waals surface area contributed by atoms with Gasteiger partial charge >= 0.3 is 0 Å². The number of hydrogen-bond acceptors (Lipinski definition) is 4. The Balaban J connectivity index is 1.62. The number of anilines is 1. The Bertz CT molecular complexity index is 1350. The summed E-state index contributed by atoms with van der Waals surface area (Å²) in [6.07, 6.45) is 0. The molecule has 1 amide bonds. The molecule has 31 heavy (non-hydrogen) atoms. The number of benzene rings is 3. The van der Waals surface area contributed by atoms with Crippen LogP contribution in [0.15, 0.2) is 54.6 Å². The predicted molar refractivity (Wildman–Crippen MR) is 119 cm³/mol. The van der Waals surface area contributed by atoms with Crippen molar-refractivity contribution in [3.8, 4) is 11.1 Å². The number of fused-ring (bicyclic) bond motifs is 2. The lowest BCUT2D eigenvalue weighted by atomic mass is 10.00. The zero-order chi connectivity index (χ0) is 21.7. The van der Waals surface area contributed by atoms with Crippen LogP contribution in [0.2, 0.25) is 5.02 Å². The number of halogens is 2. The van der Waals surface area contributed by atoms with Crippen LogP contribution in [0.3, 0.4) is 0 Å². The Kier molecular flexibility index (Phi) is 4.59. The smallest absolute Gasteiger partial charge is 0.273 e. The SMILES string of the molecule is Cc1cc(F)cc(-c2ccc3nc(N)nc(C(=O)N4Cc5ccccc5C4)c3c2)c1Cl. The third-order valence-electron chi connectivity index (χ3n) is 5.57. The molecule has 0 aliphatic carbocycles. The maximum atomic E-state index is 14.0. The van der Waals surface area contributed by atoms with Gasteiger partial charge in [-0.2, -0.15) is 0 Å². The molecule has 0 saturated heterocycles. The van der Waals surface area contributed by atoms with Crippen molar-refractivity contribution in [2.24, 2.45) is 0 Å². The van der Waals surface area contributed by atoms with Gasteiger partial charge in [-0.25, -0.2) is 14.4 Å². The monoisotopic (exact) mass is 432 g/mol. The van der Waals surface area contributed by atoms with Crippen molar-refractivity contribution in [1.29, 1.82) is 0 Å². The van der Waals surface area contributed by atoms with Crippen molar-refractivity contribution >= 4 is 34.4 Å². The lowest BCUT2D eigenvalue weighted by Gasteiger charge is -2.17. The highest BCUT2D eigenvalue weighted by Gasteiger charge is 2.27. The number of amides is 1. The first-order chi connectivity index (χ1) is 14.9. The van der Waals surface area contributed by atoms with Gasteiger partial charge in [0.1, 0.15) is 11.5 Å². The Morgan fingerprint density at radius 1 is 1.06 bits per heavy atom. The zero-order valence-electron chi connectivity index (χ0n) is 16.7. The molecule has 0 atom stereocenters. The Labute approximate surface area is 183 Å². The van der Waals surface area contributed by atoms with E-state index in [4.69, 9.17) is 17.3 Å². The molecule has 7 heteroatoms. The third kappa shape index (κ3) is 3.39. The molecule has 1 aliphatic heterocycles. The van der Waals surface area contributed by atoms with E-state index in [1.54, 1.807) is 30.0 Å². The lowest BCUT2D eigenvalue weighted by Crippen LogP contribution is -2.27. The molecular weight excluding hydrogens is 415 g/mol. The number of nitrogens with two attached hydrogens (primary N) is 1. The van der Waals surface area contributed by atoms with Gasteiger partial charge in [0, 0.05) is 24.0 Å². The molecule has 0 radical (unpaired) electrons. The van der Waals surface area contributed by atoms with Crippen LogP contribution in [-0.2, 0) is 13.1 Å². The van der Waals surface area contributed by atoms with Crippen LogP contribution in [0, 0.1) is 12.7 Å². The van der Waals surface area contributed by atoms with E-state index >= 15 is 0 Å². The zero-order valence-corrected chi connectivity index (χ0v) is 17.4. The molecule has 4 aromatic rings. The van der Waals surface area contributed by atoms with Crippen molar-refractivity contribution in [3.05, 3.63) is 87.8 Å². The minimum atomic E-state index is -0.378. The number of hydrogen-bond donors (Lipinski definition) is 1. The second-order valence-corrected chi connectivity index (χ2v) is 8.05. The molecule has 0 bridgehead atoms. The molecule has 0 saturated carbocycles. The van der Waals surface area contributed by atoms with E-state index in [1.807, 2.05) is 24.3 Å². The molecule has 154 valence electrons. The number of nitrogens with zero attached hydrogens (tertiary/aromatic N) is 3. The maximum Gasteiger partial charge on any atom is 0.273 e. The fraction of sp³-hybridized carbons (Fsp3) is 0.125. The number of nitrogen functional groups attached to an aromatic ring is 1. The van der Waals surface area contributed by atoms with E-state index < -0.39 is 0 Å². The predicted octanol–water partition coefficient (Wildman–Crippen LogP) is 5.14. The van der Waals surface area contributed by atoms with Gasteiger partial charge in [0.2, 0.25) is 5.95 Å². The Morgan fingerprint density at radius 3 is 2.48 bits per heavy atom. The molecule has 5 rings (SSSR count).